The zero-order valence-corrected chi connectivity index (χ0v) is 13.6. The van der Waals surface area contributed by atoms with Crippen molar-refractivity contribution in [2.45, 2.75) is 29.7 Å². The van der Waals surface area contributed by atoms with E-state index in [0.29, 0.717) is 12.2 Å². The minimum atomic E-state index is -1.74. The molecule has 0 aliphatic heterocycles. The smallest absolute Gasteiger partial charge is 0.315 e. The third-order valence-electron chi connectivity index (χ3n) is 2.72. The van der Waals surface area contributed by atoms with Gasteiger partial charge in [-0.25, -0.2) is 4.39 Å². The molecule has 0 fully saturated rings. The molecule has 0 atom stereocenters. The topological polar surface area (TPSA) is 26.3 Å². The molecular weight excluding hydrogens is 367 g/mol. The van der Waals surface area contributed by atoms with Gasteiger partial charge in [0.1, 0.15) is 0 Å². The summed E-state index contributed by atoms with van der Waals surface area (Å²) in [5, 5.41) is 0. The molecule has 0 unspecified atom stereocenters. The minimum absolute atomic E-state index is 0.290. The Bertz CT molecular complexity index is 422. The van der Waals surface area contributed by atoms with Gasteiger partial charge in [0.25, 0.3) is 0 Å². The first-order valence-electron chi connectivity index (χ1n) is 5.54. The highest BCUT2D eigenvalue weighted by Gasteiger charge is 2.32. The second-order valence-electron chi connectivity index (χ2n) is 4.42. The molecule has 1 aromatic rings. The van der Waals surface area contributed by atoms with Gasteiger partial charge in [-0.2, -0.15) is 0 Å². The summed E-state index contributed by atoms with van der Waals surface area (Å²) < 4.78 is 16.9. The van der Waals surface area contributed by atoms with E-state index in [0.717, 1.165) is 5.56 Å². The predicted molar refractivity (Wildman–Crippen MR) is 76.7 cm³/mol. The second kappa shape index (κ2) is 5.70. The number of benzene rings is 1. The first kappa shape index (κ1) is 15.6. The summed E-state index contributed by atoms with van der Waals surface area (Å²) in [5.74, 6) is -0.290. The van der Waals surface area contributed by atoms with Crippen LogP contribution in [0.2, 0.25) is 0 Å². The number of alkyl halides is 3. The molecule has 18 heavy (non-hydrogen) atoms. The van der Waals surface area contributed by atoms with Crippen molar-refractivity contribution < 1.29 is 13.9 Å². The van der Waals surface area contributed by atoms with Gasteiger partial charge in [-0.15, -0.1) is 0 Å². The highest BCUT2D eigenvalue weighted by Crippen LogP contribution is 2.40. The number of hydrogen-bond acceptors (Lipinski definition) is 2. The lowest BCUT2D eigenvalue weighted by atomic mass is 9.84. The molecule has 0 N–H and O–H groups in total. The fourth-order valence-electron chi connectivity index (χ4n) is 1.51. The quantitative estimate of drug-likeness (QED) is 0.570. The molecule has 0 aromatic heterocycles. The van der Waals surface area contributed by atoms with Crippen LogP contribution >= 0.6 is 31.9 Å². The van der Waals surface area contributed by atoms with Crippen molar-refractivity contribution in [3.05, 3.63) is 35.4 Å². The monoisotopic (exact) mass is 380 g/mol. The van der Waals surface area contributed by atoms with Crippen LogP contribution in [0.25, 0.3) is 0 Å². The first-order valence-corrected chi connectivity index (χ1v) is 7.13. The van der Waals surface area contributed by atoms with Gasteiger partial charge in [0.05, 0.1) is 12.0 Å². The molecule has 0 aliphatic carbocycles. The number of carbonyl (C=O) groups is 1. The average Bonchev–Trinajstić information content (AvgIpc) is 2.28. The molecule has 0 saturated heterocycles. The Kier molecular flexibility index (Phi) is 4.95. The summed E-state index contributed by atoms with van der Waals surface area (Å²) in [6.45, 7) is 5.68. The van der Waals surface area contributed by atoms with Gasteiger partial charge in [-0.1, -0.05) is 24.3 Å². The lowest BCUT2D eigenvalue weighted by Gasteiger charge is -2.23. The van der Waals surface area contributed by atoms with Crippen LogP contribution in [-0.2, 0) is 18.4 Å². The van der Waals surface area contributed by atoms with Crippen LogP contribution in [0.5, 0.6) is 0 Å². The number of esters is 1. The summed E-state index contributed by atoms with van der Waals surface area (Å²) in [4.78, 5) is 11.8. The second-order valence-corrected chi connectivity index (χ2v) is 7.67. The molecule has 0 radical (unpaired) electrons. The molecule has 2 nitrogen and oxygen atoms in total. The number of ether oxygens (including phenoxy) is 1. The molecule has 0 aliphatic rings. The Morgan fingerprint density at radius 1 is 1.22 bits per heavy atom. The maximum absolute atomic E-state index is 13.6. The van der Waals surface area contributed by atoms with Gasteiger partial charge in [0.2, 0.25) is 3.49 Å². The van der Waals surface area contributed by atoms with E-state index in [-0.39, 0.29) is 5.97 Å². The number of carbonyl (C=O) groups excluding carboxylic acids is 1. The van der Waals surface area contributed by atoms with E-state index in [1.54, 1.807) is 45.0 Å². The van der Waals surface area contributed by atoms with E-state index >= 15 is 0 Å². The van der Waals surface area contributed by atoms with Crippen LogP contribution in [0, 0.1) is 0 Å². The predicted octanol–water partition coefficient (Wildman–Crippen LogP) is 4.40. The Morgan fingerprint density at radius 3 is 2.06 bits per heavy atom. The highest BCUT2D eigenvalue weighted by molar-refractivity contribution is 9.24. The van der Waals surface area contributed by atoms with E-state index in [1.807, 2.05) is 0 Å². The lowest BCUT2D eigenvalue weighted by Crippen LogP contribution is -2.31. The molecule has 0 amide bonds. The third-order valence-corrected chi connectivity index (χ3v) is 3.64. The largest absolute Gasteiger partial charge is 0.465 e. The van der Waals surface area contributed by atoms with Crippen LogP contribution in [0.15, 0.2) is 24.3 Å². The normalized spacial score (nSPS) is 12.3. The SMILES string of the molecule is CCOC(=O)C(C)(C)c1ccc(C(F)(Br)Br)cc1. The van der Waals surface area contributed by atoms with Crippen molar-refractivity contribution in [2.75, 3.05) is 6.61 Å². The van der Waals surface area contributed by atoms with E-state index in [9.17, 15) is 9.18 Å². The molecule has 0 heterocycles. The fraction of sp³-hybridized carbons (Fsp3) is 0.462. The molecule has 1 rings (SSSR count). The Labute approximate surface area is 123 Å². The fourth-order valence-corrected chi connectivity index (χ4v) is 2.03. The highest BCUT2D eigenvalue weighted by atomic mass is 79.9. The molecule has 5 heteroatoms. The van der Waals surface area contributed by atoms with Crippen molar-refractivity contribution in [1.82, 2.24) is 0 Å². The maximum Gasteiger partial charge on any atom is 0.315 e. The third kappa shape index (κ3) is 3.54. The van der Waals surface area contributed by atoms with Gasteiger partial charge in [0.15, 0.2) is 0 Å². The van der Waals surface area contributed by atoms with Crippen LogP contribution in [-0.4, -0.2) is 12.6 Å². The molecule has 0 spiro atoms. The number of rotatable bonds is 4. The summed E-state index contributed by atoms with van der Waals surface area (Å²) in [7, 11) is 0. The van der Waals surface area contributed by atoms with Gasteiger partial charge in [0, 0.05) is 5.56 Å². The van der Waals surface area contributed by atoms with Crippen molar-refractivity contribution >= 4 is 37.8 Å². The van der Waals surface area contributed by atoms with Gasteiger partial charge >= 0.3 is 5.97 Å². The van der Waals surface area contributed by atoms with E-state index < -0.39 is 8.90 Å². The molecular formula is C13H15Br2FO2. The summed E-state index contributed by atoms with van der Waals surface area (Å²) >= 11 is 5.75. The number of halogens is 3. The Hall–Kier alpha value is -0.420. The molecule has 100 valence electrons. The zero-order valence-electron chi connectivity index (χ0n) is 10.5. The summed E-state index contributed by atoms with van der Waals surface area (Å²) in [6.07, 6.45) is 0. The number of hydrogen-bond donors (Lipinski definition) is 0. The van der Waals surface area contributed by atoms with Crippen molar-refractivity contribution in [3.63, 3.8) is 0 Å². The Balaban J connectivity index is 3.01. The van der Waals surface area contributed by atoms with Gasteiger partial charge < -0.3 is 4.74 Å². The Morgan fingerprint density at radius 2 is 1.67 bits per heavy atom. The van der Waals surface area contributed by atoms with Crippen LogP contribution in [0.3, 0.4) is 0 Å². The maximum atomic E-state index is 13.6. The summed E-state index contributed by atoms with van der Waals surface area (Å²) in [6, 6.07) is 6.70. The van der Waals surface area contributed by atoms with Crippen molar-refractivity contribution in [2.24, 2.45) is 0 Å². The van der Waals surface area contributed by atoms with Gasteiger partial charge in [-0.05, 0) is 58.2 Å². The average molecular weight is 382 g/mol. The summed E-state index contributed by atoms with van der Waals surface area (Å²) in [5.41, 5.74) is 0.478. The van der Waals surface area contributed by atoms with E-state index in [2.05, 4.69) is 31.9 Å². The van der Waals surface area contributed by atoms with E-state index in [1.165, 1.54) is 0 Å². The lowest BCUT2D eigenvalue weighted by molar-refractivity contribution is -0.148. The van der Waals surface area contributed by atoms with Gasteiger partial charge in [-0.3, -0.25) is 4.79 Å². The van der Waals surface area contributed by atoms with Crippen molar-refractivity contribution in [1.29, 1.82) is 0 Å². The zero-order chi connectivity index (χ0) is 14.0. The first-order chi connectivity index (χ1) is 8.19. The van der Waals surface area contributed by atoms with Crippen LogP contribution < -0.4 is 0 Å². The molecule has 1 aromatic carbocycles. The van der Waals surface area contributed by atoms with Crippen molar-refractivity contribution in [3.8, 4) is 0 Å². The molecule has 0 bridgehead atoms. The van der Waals surface area contributed by atoms with Crippen LogP contribution in [0.1, 0.15) is 31.9 Å². The molecule has 0 saturated carbocycles. The minimum Gasteiger partial charge on any atom is -0.465 e. The van der Waals surface area contributed by atoms with Crippen LogP contribution in [0.4, 0.5) is 4.39 Å². The standard InChI is InChI=1S/C13H15Br2FO2/c1-4-18-11(17)12(2,3)9-5-7-10(8-6-9)13(14,15)16/h5-8H,4H2,1-3H3. The van der Waals surface area contributed by atoms with E-state index in [4.69, 9.17) is 4.74 Å².